The third-order valence-corrected chi connectivity index (χ3v) is 6.03. The molecule has 2 aromatic heterocycles. The van der Waals surface area contributed by atoms with Gasteiger partial charge in [0.1, 0.15) is 5.03 Å². The molecule has 0 saturated carbocycles. The molecule has 3 heterocycles. The number of aryl methyl sites for hydroxylation is 1. The van der Waals surface area contributed by atoms with E-state index in [0.717, 1.165) is 0 Å². The predicted molar refractivity (Wildman–Crippen MR) is 81.4 cm³/mol. The van der Waals surface area contributed by atoms with Crippen LogP contribution in [-0.2, 0) is 14.6 Å². The average molecular weight is 341 g/mol. The molecule has 0 radical (unpaired) electrons. The quantitative estimate of drug-likeness (QED) is 0.769. The van der Waals surface area contributed by atoms with E-state index in [1.165, 1.54) is 11.8 Å². The van der Waals surface area contributed by atoms with Gasteiger partial charge >= 0.3 is 0 Å². The standard InChI is InChI=1S/C12H15N5O3S2/c1-8-14-15-10-2-3-12(16-17(8)10)21-6-11(18)13-9-4-5-22(19,20)7-9/h2-3,9H,4-7H2,1H3,(H,13,18)/t9-/m0/s1. The molecule has 8 nitrogen and oxygen atoms in total. The van der Waals surface area contributed by atoms with Crippen molar-refractivity contribution in [3.05, 3.63) is 18.0 Å². The minimum Gasteiger partial charge on any atom is -0.352 e. The number of hydrogen-bond acceptors (Lipinski definition) is 7. The first-order chi connectivity index (χ1) is 10.4. The van der Waals surface area contributed by atoms with Crippen LogP contribution in [0, 0.1) is 6.92 Å². The lowest BCUT2D eigenvalue weighted by Gasteiger charge is -2.10. The number of amides is 1. The van der Waals surface area contributed by atoms with E-state index in [-0.39, 0.29) is 29.2 Å². The number of nitrogens with one attached hydrogen (secondary N) is 1. The molecular formula is C12H15N5O3S2. The van der Waals surface area contributed by atoms with Gasteiger partial charge in [-0.3, -0.25) is 4.79 Å². The van der Waals surface area contributed by atoms with Crippen molar-refractivity contribution in [1.29, 1.82) is 0 Å². The van der Waals surface area contributed by atoms with Crippen LogP contribution in [0.25, 0.3) is 5.65 Å². The van der Waals surface area contributed by atoms with Crippen molar-refractivity contribution in [2.75, 3.05) is 17.3 Å². The zero-order valence-electron chi connectivity index (χ0n) is 11.9. The number of carbonyl (C=O) groups is 1. The molecule has 1 N–H and O–H groups in total. The molecule has 0 aromatic carbocycles. The van der Waals surface area contributed by atoms with E-state index in [0.29, 0.717) is 22.9 Å². The fraction of sp³-hybridized carbons (Fsp3) is 0.500. The summed E-state index contributed by atoms with van der Waals surface area (Å²) in [5.74, 6) is 0.868. The van der Waals surface area contributed by atoms with Crippen LogP contribution in [0.15, 0.2) is 17.2 Å². The molecule has 118 valence electrons. The summed E-state index contributed by atoms with van der Waals surface area (Å²) in [6.45, 7) is 1.80. The Labute approximate surface area is 131 Å². The zero-order chi connectivity index (χ0) is 15.7. The number of thioether (sulfide) groups is 1. The maximum Gasteiger partial charge on any atom is 0.230 e. The van der Waals surface area contributed by atoms with Crippen molar-refractivity contribution in [3.63, 3.8) is 0 Å². The van der Waals surface area contributed by atoms with Gasteiger partial charge in [0.05, 0.1) is 17.3 Å². The molecule has 1 atom stereocenters. The SMILES string of the molecule is Cc1nnc2ccc(SCC(=O)N[C@H]3CCS(=O)(=O)C3)nn12. The van der Waals surface area contributed by atoms with Crippen molar-refractivity contribution in [2.45, 2.75) is 24.4 Å². The lowest BCUT2D eigenvalue weighted by molar-refractivity contribution is -0.119. The molecule has 1 aliphatic rings. The molecule has 1 saturated heterocycles. The molecule has 0 aliphatic carbocycles. The maximum absolute atomic E-state index is 11.9. The molecule has 0 unspecified atom stereocenters. The summed E-state index contributed by atoms with van der Waals surface area (Å²) in [5, 5.41) is 15.6. The maximum atomic E-state index is 11.9. The second-order valence-corrected chi connectivity index (χ2v) is 8.37. The smallest absolute Gasteiger partial charge is 0.230 e. The van der Waals surface area contributed by atoms with E-state index in [4.69, 9.17) is 0 Å². The van der Waals surface area contributed by atoms with Gasteiger partial charge in [0.2, 0.25) is 5.91 Å². The van der Waals surface area contributed by atoms with Crippen molar-refractivity contribution in [3.8, 4) is 0 Å². The van der Waals surface area contributed by atoms with Gasteiger partial charge in [-0.25, -0.2) is 8.42 Å². The van der Waals surface area contributed by atoms with Gasteiger partial charge in [0, 0.05) is 6.04 Å². The Morgan fingerprint density at radius 3 is 3.00 bits per heavy atom. The topological polar surface area (TPSA) is 106 Å². The van der Waals surface area contributed by atoms with Gasteiger partial charge < -0.3 is 5.32 Å². The Morgan fingerprint density at radius 2 is 2.27 bits per heavy atom. The van der Waals surface area contributed by atoms with Crippen LogP contribution in [0.3, 0.4) is 0 Å². The number of nitrogens with zero attached hydrogens (tertiary/aromatic N) is 4. The van der Waals surface area contributed by atoms with Crippen molar-refractivity contribution < 1.29 is 13.2 Å². The summed E-state index contributed by atoms with van der Waals surface area (Å²) in [6, 6.07) is 3.30. The van der Waals surface area contributed by atoms with E-state index in [1.54, 1.807) is 23.6 Å². The number of aromatic nitrogens is 4. The average Bonchev–Trinajstić information content (AvgIpc) is 3.00. The number of rotatable bonds is 4. The number of fused-ring (bicyclic) bond motifs is 1. The molecule has 1 amide bonds. The van der Waals surface area contributed by atoms with Crippen LogP contribution >= 0.6 is 11.8 Å². The second-order valence-electron chi connectivity index (χ2n) is 5.14. The Balaban J connectivity index is 1.57. The van der Waals surface area contributed by atoms with Gasteiger partial charge in [-0.15, -0.1) is 10.2 Å². The number of carbonyl (C=O) groups excluding carboxylic acids is 1. The molecule has 2 aromatic rings. The minimum atomic E-state index is -2.98. The highest BCUT2D eigenvalue weighted by atomic mass is 32.2. The van der Waals surface area contributed by atoms with Crippen LogP contribution in [0.2, 0.25) is 0 Å². The molecule has 3 rings (SSSR count). The van der Waals surface area contributed by atoms with Crippen LogP contribution in [-0.4, -0.2) is 57.4 Å². The van der Waals surface area contributed by atoms with Crippen LogP contribution in [0.4, 0.5) is 0 Å². The molecule has 1 aliphatic heterocycles. The van der Waals surface area contributed by atoms with Gasteiger partial charge in [-0.2, -0.15) is 9.61 Å². The van der Waals surface area contributed by atoms with Crippen molar-refractivity contribution in [2.24, 2.45) is 0 Å². The molecule has 10 heteroatoms. The van der Waals surface area contributed by atoms with E-state index >= 15 is 0 Å². The lowest BCUT2D eigenvalue weighted by Crippen LogP contribution is -2.36. The van der Waals surface area contributed by atoms with Gasteiger partial charge in [-0.1, -0.05) is 11.8 Å². The highest BCUT2D eigenvalue weighted by molar-refractivity contribution is 7.99. The first-order valence-electron chi connectivity index (χ1n) is 6.75. The summed E-state index contributed by atoms with van der Waals surface area (Å²) >= 11 is 1.29. The first kappa shape index (κ1) is 15.2. The van der Waals surface area contributed by atoms with Crippen LogP contribution in [0.5, 0.6) is 0 Å². The fourth-order valence-electron chi connectivity index (χ4n) is 2.27. The molecular weight excluding hydrogens is 326 g/mol. The Bertz CT molecular complexity index is 817. The molecule has 1 fully saturated rings. The lowest BCUT2D eigenvalue weighted by atomic mass is 10.3. The first-order valence-corrected chi connectivity index (χ1v) is 9.55. The third kappa shape index (κ3) is 3.38. The molecule has 0 bridgehead atoms. The normalized spacial score (nSPS) is 20.3. The Kier molecular flexibility index (Phi) is 4.04. The summed E-state index contributed by atoms with van der Waals surface area (Å²) in [4.78, 5) is 11.9. The monoisotopic (exact) mass is 341 g/mol. The van der Waals surface area contributed by atoms with Gasteiger partial charge in [0.15, 0.2) is 21.3 Å². The third-order valence-electron chi connectivity index (χ3n) is 3.34. The van der Waals surface area contributed by atoms with Gasteiger partial charge in [-0.05, 0) is 25.5 Å². The summed E-state index contributed by atoms with van der Waals surface area (Å²) < 4.78 is 24.3. The summed E-state index contributed by atoms with van der Waals surface area (Å²) in [7, 11) is -2.98. The summed E-state index contributed by atoms with van der Waals surface area (Å²) in [6.07, 6.45) is 0.489. The van der Waals surface area contributed by atoms with E-state index < -0.39 is 9.84 Å². The predicted octanol–water partition coefficient (Wildman–Crippen LogP) is -0.172. The second kappa shape index (κ2) is 5.84. The number of sulfone groups is 1. The Hall–Kier alpha value is -1.68. The van der Waals surface area contributed by atoms with Crippen molar-refractivity contribution in [1.82, 2.24) is 25.1 Å². The number of hydrogen-bond donors (Lipinski definition) is 1. The highest BCUT2D eigenvalue weighted by Gasteiger charge is 2.28. The van der Waals surface area contributed by atoms with E-state index in [2.05, 4.69) is 20.6 Å². The van der Waals surface area contributed by atoms with Crippen LogP contribution in [0.1, 0.15) is 12.2 Å². The minimum absolute atomic E-state index is 0.0352. The van der Waals surface area contributed by atoms with Gasteiger partial charge in [0.25, 0.3) is 0 Å². The fourth-order valence-corrected chi connectivity index (χ4v) is 4.61. The summed E-state index contributed by atoms with van der Waals surface area (Å²) in [5.41, 5.74) is 0.655. The van der Waals surface area contributed by atoms with Crippen molar-refractivity contribution >= 4 is 33.2 Å². The zero-order valence-corrected chi connectivity index (χ0v) is 13.5. The highest BCUT2D eigenvalue weighted by Crippen LogP contribution is 2.16. The van der Waals surface area contributed by atoms with E-state index in [9.17, 15) is 13.2 Å². The molecule has 22 heavy (non-hydrogen) atoms. The van der Waals surface area contributed by atoms with Crippen LogP contribution < -0.4 is 5.32 Å². The largest absolute Gasteiger partial charge is 0.352 e. The van der Waals surface area contributed by atoms with E-state index in [1.807, 2.05) is 0 Å². The Morgan fingerprint density at radius 1 is 1.45 bits per heavy atom. The molecule has 0 spiro atoms.